The van der Waals surface area contributed by atoms with Gasteiger partial charge in [-0.05, 0) is 37.6 Å². The fourth-order valence-corrected chi connectivity index (χ4v) is 3.15. The molecule has 0 aromatic heterocycles. The van der Waals surface area contributed by atoms with Crippen molar-refractivity contribution >= 4 is 29.9 Å². The van der Waals surface area contributed by atoms with Crippen molar-refractivity contribution in [1.82, 2.24) is 15.5 Å². The minimum absolute atomic E-state index is 0. The van der Waals surface area contributed by atoms with E-state index in [0.717, 1.165) is 57.2 Å². The maximum atomic E-state index is 12.9. The lowest BCUT2D eigenvalue weighted by molar-refractivity contribution is 0.127. The van der Waals surface area contributed by atoms with Gasteiger partial charge in [0.2, 0.25) is 0 Å². The number of hydrogen-bond donors (Lipinski definition) is 3. The number of likely N-dealkylation sites (N-methyl/N-ethyl adjacent to an activating group) is 1. The highest BCUT2D eigenvalue weighted by molar-refractivity contribution is 14.0. The lowest BCUT2D eigenvalue weighted by Crippen LogP contribution is -2.46. The number of nitrogens with one attached hydrogen (secondary N) is 2. The Morgan fingerprint density at radius 2 is 2.07 bits per heavy atom. The summed E-state index contributed by atoms with van der Waals surface area (Å²) in [5, 5.41) is 16.0. The van der Waals surface area contributed by atoms with Crippen molar-refractivity contribution in [2.45, 2.75) is 19.4 Å². The van der Waals surface area contributed by atoms with E-state index in [9.17, 15) is 9.50 Å². The molecule has 1 aromatic carbocycles. The van der Waals surface area contributed by atoms with Crippen LogP contribution in [-0.2, 0) is 11.3 Å². The second-order valence-electron chi connectivity index (χ2n) is 6.99. The van der Waals surface area contributed by atoms with Crippen molar-refractivity contribution < 1.29 is 14.2 Å². The van der Waals surface area contributed by atoms with Gasteiger partial charge in [0.15, 0.2) is 5.96 Å². The van der Waals surface area contributed by atoms with Crippen LogP contribution in [-0.4, -0.2) is 69.5 Å². The molecule has 0 amide bonds. The average molecular weight is 494 g/mol. The molecule has 27 heavy (non-hydrogen) atoms. The average Bonchev–Trinajstić information content (AvgIpc) is 3.09. The quantitative estimate of drug-likeness (QED) is 0.278. The van der Waals surface area contributed by atoms with Crippen molar-refractivity contribution in [3.8, 4) is 0 Å². The van der Waals surface area contributed by atoms with Crippen LogP contribution in [0.3, 0.4) is 0 Å². The third kappa shape index (κ3) is 8.28. The van der Waals surface area contributed by atoms with Gasteiger partial charge in [-0.15, -0.1) is 24.0 Å². The zero-order valence-corrected chi connectivity index (χ0v) is 18.5. The Bertz CT molecular complexity index is 565. The van der Waals surface area contributed by atoms with Gasteiger partial charge in [0, 0.05) is 51.9 Å². The molecule has 0 spiro atoms. The standard InChI is InChI=1S/C19H31FN4O2.HI/c1-21-18(23-14-19(7-11-25)8-12-26-15-19)22-9-10-24(2)13-16-3-5-17(20)6-4-16;/h3-6,25H,7-15H2,1-2H3,(H2,21,22,23);1H. The molecule has 6 nitrogen and oxygen atoms in total. The minimum atomic E-state index is -0.209. The molecular formula is C19H32FIN4O2. The van der Waals surface area contributed by atoms with Crippen LogP contribution in [0.4, 0.5) is 4.39 Å². The minimum Gasteiger partial charge on any atom is -0.396 e. The highest BCUT2D eigenvalue weighted by Crippen LogP contribution is 2.31. The summed E-state index contributed by atoms with van der Waals surface area (Å²) in [7, 11) is 3.79. The highest BCUT2D eigenvalue weighted by atomic mass is 127. The number of rotatable bonds is 9. The Labute approximate surface area is 178 Å². The van der Waals surface area contributed by atoms with Crippen molar-refractivity contribution in [3.05, 3.63) is 35.6 Å². The van der Waals surface area contributed by atoms with Crippen LogP contribution >= 0.6 is 24.0 Å². The molecule has 1 aliphatic rings. The van der Waals surface area contributed by atoms with E-state index in [1.165, 1.54) is 12.1 Å². The fraction of sp³-hybridized carbons (Fsp3) is 0.632. The number of aliphatic hydroxyl groups excluding tert-OH is 1. The van der Waals surface area contributed by atoms with E-state index >= 15 is 0 Å². The van der Waals surface area contributed by atoms with Crippen molar-refractivity contribution in [2.75, 3.05) is 53.6 Å². The number of nitrogens with zero attached hydrogens (tertiary/aromatic N) is 2. The summed E-state index contributed by atoms with van der Waals surface area (Å²) in [5.74, 6) is 0.545. The largest absolute Gasteiger partial charge is 0.396 e. The van der Waals surface area contributed by atoms with Crippen LogP contribution in [0.25, 0.3) is 0 Å². The topological polar surface area (TPSA) is 69.1 Å². The van der Waals surface area contributed by atoms with E-state index in [0.29, 0.717) is 6.61 Å². The van der Waals surface area contributed by atoms with E-state index in [-0.39, 0.29) is 41.8 Å². The summed E-state index contributed by atoms with van der Waals surface area (Å²) in [6.45, 7) is 4.69. The number of aliphatic imine (C=N–C) groups is 1. The summed E-state index contributed by atoms with van der Waals surface area (Å²) >= 11 is 0. The number of halogens is 2. The van der Waals surface area contributed by atoms with Gasteiger partial charge < -0.3 is 25.4 Å². The lowest BCUT2D eigenvalue weighted by atomic mass is 9.84. The second kappa shape index (κ2) is 12.5. The van der Waals surface area contributed by atoms with Crippen LogP contribution in [0.1, 0.15) is 18.4 Å². The van der Waals surface area contributed by atoms with Gasteiger partial charge in [0.25, 0.3) is 0 Å². The molecule has 1 fully saturated rings. The summed E-state index contributed by atoms with van der Waals surface area (Å²) in [5.41, 5.74) is 1.08. The third-order valence-electron chi connectivity index (χ3n) is 4.83. The van der Waals surface area contributed by atoms with Crippen LogP contribution in [0, 0.1) is 11.2 Å². The van der Waals surface area contributed by atoms with Gasteiger partial charge in [-0.1, -0.05) is 12.1 Å². The predicted molar refractivity (Wildman–Crippen MR) is 117 cm³/mol. The molecule has 0 aliphatic carbocycles. The van der Waals surface area contributed by atoms with Gasteiger partial charge >= 0.3 is 0 Å². The van der Waals surface area contributed by atoms with Crippen molar-refractivity contribution in [1.29, 1.82) is 0 Å². The number of hydrogen-bond acceptors (Lipinski definition) is 4. The second-order valence-corrected chi connectivity index (χ2v) is 6.99. The van der Waals surface area contributed by atoms with Crippen LogP contribution in [0.15, 0.2) is 29.3 Å². The first-order chi connectivity index (χ1) is 12.6. The first-order valence-electron chi connectivity index (χ1n) is 9.13. The summed E-state index contributed by atoms with van der Waals surface area (Å²) in [6, 6.07) is 6.60. The molecule has 1 atom stereocenters. The Balaban J connectivity index is 0.00000364. The molecule has 0 bridgehead atoms. The van der Waals surface area contributed by atoms with E-state index in [1.807, 2.05) is 19.2 Å². The Hall–Kier alpha value is -0.970. The number of guanidine groups is 1. The van der Waals surface area contributed by atoms with E-state index in [4.69, 9.17) is 4.74 Å². The van der Waals surface area contributed by atoms with Crippen molar-refractivity contribution in [2.24, 2.45) is 10.4 Å². The molecule has 1 heterocycles. The van der Waals surface area contributed by atoms with Gasteiger partial charge in [0.05, 0.1) is 6.61 Å². The molecule has 154 valence electrons. The molecule has 1 unspecified atom stereocenters. The molecule has 0 saturated carbocycles. The lowest BCUT2D eigenvalue weighted by Gasteiger charge is -2.28. The SMILES string of the molecule is CN=C(NCCN(C)Cc1ccc(F)cc1)NCC1(CCO)CCOC1.I. The molecule has 3 N–H and O–H groups in total. The Morgan fingerprint density at radius 3 is 2.67 bits per heavy atom. The number of ether oxygens (including phenoxy) is 1. The number of aliphatic hydroxyl groups is 1. The summed E-state index contributed by atoms with van der Waals surface area (Å²) in [4.78, 5) is 6.43. The van der Waals surface area contributed by atoms with Crippen LogP contribution < -0.4 is 10.6 Å². The monoisotopic (exact) mass is 494 g/mol. The van der Waals surface area contributed by atoms with E-state index in [1.54, 1.807) is 7.05 Å². The first-order valence-corrected chi connectivity index (χ1v) is 9.13. The van der Waals surface area contributed by atoms with Gasteiger partial charge in [0.1, 0.15) is 5.82 Å². The molecule has 1 saturated heterocycles. The van der Waals surface area contributed by atoms with Crippen LogP contribution in [0.5, 0.6) is 0 Å². The van der Waals surface area contributed by atoms with Crippen molar-refractivity contribution in [3.63, 3.8) is 0 Å². The summed E-state index contributed by atoms with van der Waals surface area (Å²) < 4.78 is 18.5. The highest BCUT2D eigenvalue weighted by Gasteiger charge is 2.34. The zero-order valence-electron chi connectivity index (χ0n) is 16.2. The first kappa shape index (κ1) is 24.1. The van der Waals surface area contributed by atoms with Gasteiger partial charge in [-0.2, -0.15) is 0 Å². The zero-order chi connectivity index (χ0) is 18.8. The third-order valence-corrected chi connectivity index (χ3v) is 4.83. The molecule has 8 heteroatoms. The Morgan fingerprint density at radius 1 is 1.33 bits per heavy atom. The molecule has 2 rings (SSSR count). The van der Waals surface area contributed by atoms with Gasteiger partial charge in [-0.25, -0.2) is 4.39 Å². The normalized spacial score (nSPS) is 19.8. The fourth-order valence-electron chi connectivity index (χ4n) is 3.15. The number of benzene rings is 1. The maximum absolute atomic E-state index is 12.9. The molecular weight excluding hydrogens is 462 g/mol. The predicted octanol–water partition coefficient (Wildman–Crippen LogP) is 1.83. The molecule has 1 aliphatic heterocycles. The van der Waals surface area contributed by atoms with E-state index in [2.05, 4.69) is 20.5 Å². The van der Waals surface area contributed by atoms with Crippen LogP contribution in [0.2, 0.25) is 0 Å². The maximum Gasteiger partial charge on any atom is 0.191 e. The van der Waals surface area contributed by atoms with E-state index < -0.39 is 0 Å². The molecule has 0 radical (unpaired) electrons. The van der Waals surface area contributed by atoms with Gasteiger partial charge in [-0.3, -0.25) is 4.99 Å². The Kier molecular flexibility index (Phi) is 11.1. The molecule has 1 aromatic rings. The summed E-state index contributed by atoms with van der Waals surface area (Å²) in [6.07, 6.45) is 1.69. The smallest absolute Gasteiger partial charge is 0.191 e.